The molecule has 0 spiro atoms. The molecule has 1 amide bonds. The fourth-order valence-corrected chi connectivity index (χ4v) is 3.53. The number of ether oxygens (including phenoxy) is 1. The molecule has 0 bridgehead atoms. The first-order chi connectivity index (χ1) is 12.8. The number of hydrogen-bond donors (Lipinski definition) is 1. The number of nitrogens with zero attached hydrogens (tertiary/aromatic N) is 4. The summed E-state index contributed by atoms with van der Waals surface area (Å²) in [7, 11) is 0. The van der Waals surface area contributed by atoms with Gasteiger partial charge in [0.2, 0.25) is 0 Å². The number of carbonyl (C=O) groups is 1. The summed E-state index contributed by atoms with van der Waals surface area (Å²) >= 11 is 0. The molecule has 150 valence electrons. The molecule has 1 unspecified atom stereocenters. The largest absolute Gasteiger partial charge is 0.444 e. The minimum atomic E-state index is -0.473. The molecule has 3 rings (SSSR count). The number of guanidine groups is 1. The van der Waals surface area contributed by atoms with E-state index >= 15 is 0 Å². The standard InChI is InChI=1S/C19H31N5O3/c1-6-15-14(16(7-2)27-22-15)11-21-17-20-10-13-12-23(8-9-24(13)17)18(25)26-19(3,4)5/h13H,6-12H2,1-5H3,(H,20,21). The third-order valence-corrected chi connectivity index (χ3v) is 4.89. The molecule has 1 aromatic rings. The molecule has 2 aliphatic rings. The van der Waals surface area contributed by atoms with Crippen LogP contribution in [0.2, 0.25) is 0 Å². The first kappa shape index (κ1) is 19.5. The van der Waals surface area contributed by atoms with Crippen LogP contribution in [0.3, 0.4) is 0 Å². The maximum Gasteiger partial charge on any atom is 0.410 e. The van der Waals surface area contributed by atoms with E-state index in [4.69, 9.17) is 9.26 Å². The molecule has 1 aromatic heterocycles. The summed E-state index contributed by atoms with van der Waals surface area (Å²) in [5.41, 5.74) is 1.67. The van der Waals surface area contributed by atoms with E-state index in [9.17, 15) is 4.79 Å². The van der Waals surface area contributed by atoms with Crippen molar-refractivity contribution in [1.29, 1.82) is 0 Å². The number of rotatable bonds is 4. The van der Waals surface area contributed by atoms with Gasteiger partial charge in [-0.15, -0.1) is 0 Å². The van der Waals surface area contributed by atoms with Crippen LogP contribution in [0.15, 0.2) is 9.52 Å². The topological polar surface area (TPSA) is 83.2 Å². The van der Waals surface area contributed by atoms with Gasteiger partial charge in [0.15, 0.2) is 5.96 Å². The first-order valence-corrected chi connectivity index (χ1v) is 9.81. The molecular weight excluding hydrogens is 346 g/mol. The van der Waals surface area contributed by atoms with E-state index < -0.39 is 5.60 Å². The van der Waals surface area contributed by atoms with Crippen molar-refractivity contribution in [2.24, 2.45) is 4.99 Å². The van der Waals surface area contributed by atoms with Gasteiger partial charge in [-0.2, -0.15) is 0 Å². The van der Waals surface area contributed by atoms with Gasteiger partial charge in [0.1, 0.15) is 11.4 Å². The highest BCUT2D eigenvalue weighted by molar-refractivity contribution is 5.82. The third-order valence-electron chi connectivity index (χ3n) is 4.89. The van der Waals surface area contributed by atoms with Crippen molar-refractivity contribution in [2.45, 2.75) is 65.6 Å². The quantitative estimate of drug-likeness (QED) is 0.866. The van der Waals surface area contributed by atoms with Gasteiger partial charge in [0, 0.05) is 38.2 Å². The van der Waals surface area contributed by atoms with Crippen LogP contribution in [0.4, 0.5) is 4.79 Å². The molecule has 0 aliphatic carbocycles. The lowest BCUT2D eigenvalue weighted by Crippen LogP contribution is -2.57. The van der Waals surface area contributed by atoms with Gasteiger partial charge in [-0.3, -0.25) is 4.99 Å². The molecule has 1 saturated heterocycles. The van der Waals surface area contributed by atoms with Crippen LogP contribution in [0.1, 0.15) is 51.6 Å². The lowest BCUT2D eigenvalue weighted by atomic mass is 10.1. The average Bonchev–Trinajstić information content (AvgIpc) is 3.20. The highest BCUT2D eigenvalue weighted by Gasteiger charge is 2.36. The Balaban J connectivity index is 1.57. The summed E-state index contributed by atoms with van der Waals surface area (Å²) < 4.78 is 10.9. The van der Waals surface area contributed by atoms with Gasteiger partial charge in [-0.05, 0) is 27.2 Å². The molecule has 27 heavy (non-hydrogen) atoms. The van der Waals surface area contributed by atoms with Crippen molar-refractivity contribution in [1.82, 2.24) is 20.3 Å². The van der Waals surface area contributed by atoms with E-state index in [1.54, 1.807) is 4.90 Å². The monoisotopic (exact) mass is 377 g/mol. The van der Waals surface area contributed by atoms with Crippen molar-refractivity contribution < 1.29 is 14.1 Å². The van der Waals surface area contributed by atoms with Gasteiger partial charge in [0.25, 0.3) is 0 Å². The number of nitrogens with one attached hydrogen (secondary N) is 1. The van der Waals surface area contributed by atoms with E-state index in [1.807, 2.05) is 20.8 Å². The second-order valence-corrected chi connectivity index (χ2v) is 8.03. The zero-order valence-corrected chi connectivity index (χ0v) is 17.0. The smallest absolute Gasteiger partial charge is 0.410 e. The lowest BCUT2D eigenvalue weighted by Gasteiger charge is -2.39. The van der Waals surface area contributed by atoms with Gasteiger partial charge in [-0.1, -0.05) is 19.0 Å². The second kappa shape index (κ2) is 7.78. The SMILES string of the molecule is CCc1noc(CC)c1CNC1=NCC2CN(C(=O)OC(C)(C)C)CCN12. The molecule has 0 radical (unpaired) electrons. The van der Waals surface area contributed by atoms with E-state index in [0.29, 0.717) is 26.2 Å². The van der Waals surface area contributed by atoms with Crippen molar-refractivity contribution >= 4 is 12.1 Å². The van der Waals surface area contributed by atoms with Crippen LogP contribution in [-0.2, 0) is 24.1 Å². The predicted molar refractivity (Wildman–Crippen MR) is 103 cm³/mol. The molecule has 0 aromatic carbocycles. The van der Waals surface area contributed by atoms with Crippen molar-refractivity contribution in [3.63, 3.8) is 0 Å². The van der Waals surface area contributed by atoms with Crippen molar-refractivity contribution in [3.8, 4) is 0 Å². The Morgan fingerprint density at radius 1 is 1.30 bits per heavy atom. The number of piperazine rings is 1. The summed E-state index contributed by atoms with van der Waals surface area (Å²) in [4.78, 5) is 21.0. The lowest BCUT2D eigenvalue weighted by molar-refractivity contribution is 0.0137. The maximum atomic E-state index is 12.3. The normalized spacial score (nSPS) is 19.7. The van der Waals surface area contributed by atoms with E-state index in [2.05, 4.69) is 34.2 Å². The molecule has 1 N–H and O–H groups in total. The molecule has 8 heteroatoms. The minimum Gasteiger partial charge on any atom is -0.444 e. The van der Waals surface area contributed by atoms with Gasteiger partial charge >= 0.3 is 6.09 Å². The number of hydrogen-bond acceptors (Lipinski definition) is 7. The van der Waals surface area contributed by atoms with Crippen molar-refractivity contribution in [2.75, 3.05) is 26.2 Å². The Hall–Kier alpha value is -2.25. The van der Waals surface area contributed by atoms with Crippen molar-refractivity contribution in [3.05, 3.63) is 17.0 Å². The molecule has 0 saturated carbocycles. The Morgan fingerprint density at radius 2 is 2.07 bits per heavy atom. The van der Waals surface area contributed by atoms with Crippen LogP contribution in [0.25, 0.3) is 0 Å². The highest BCUT2D eigenvalue weighted by Crippen LogP contribution is 2.20. The Labute approximate surface area is 160 Å². The number of aryl methyl sites for hydroxylation is 2. The number of amides is 1. The van der Waals surface area contributed by atoms with Gasteiger partial charge in [0.05, 0.1) is 18.3 Å². The Kier molecular flexibility index (Phi) is 5.62. The van der Waals surface area contributed by atoms with E-state index in [1.165, 1.54) is 0 Å². The number of fused-ring (bicyclic) bond motifs is 1. The van der Waals surface area contributed by atoms with Crippen LogP contribution < -0.4 is 5.32 Å². The third kappa shape index (κ3) is 4.36. The molecule has 1 atom stereocenters. The molecule has 3 heterocycles. The number of aliphatic imine (C=N–C) groups is 1. The number of aromatic nitrogens is 1. The van der Waals surface area contributed by atoms with Gasteiger partial charge < -0.3 is 24.4 Å². The zero-order chi connectivity index (χ0) is 19.6. The van der Waals surface area contributed by atoms with E-state index in [-0.39, 0.29) is 12.1 Å². The van der Waals surface area contributed by atoms with Crippen LogP contribution in [0, 0.1) is 0 Å². The number of carbonyl (C=O) groups excluding carboxylic acids is 1. The Morgan fingerprint density at radius 3 is 2.74 bits per heavy atom. The zero-order valence-electron chi connectivity index (χ0n) is 17.0. The second-order valence-electron chi connectivity index (χ2n) is 8.03. The summed E-state index contributed by atoms with van der Waals surface area (Å²) in [6, 6.07) is 0.201. The molecule has 1 fully saturated rings. The fraction of sp³-hybridized carbons (Fsp3) is 0.737. The van der Waals surface area contributed by atoms with E-state index in [0.717, 1.165) is 42.4 Å². The molecular formula is C19H31N5O3. The Bertz CT molecular complexity index is 685. The average molecular weight is 377 g/mol. The van der Waals surface area contributed by atoms with Crippen LogP contribution in [-0.4, -0.2) is 64.8 Å². The summed E-state index contributed by atoms with van der Waals surface area (Å²) in [6.45, 7) is 13.2. The summed E-state index contributed by atoms with van der Waals surface area (Å²) in [5.74, 6) is 1.83. The summed E-state index contributed by atoms with van der Waals surface area (Å²) in [6.07, 6.45) is 1.44. The highest BCUT2D eigenvalue weighted by atomic mass is 16.6. The van der Waals surface area contributed by atoms with Crippen LogP contribution in [0.5, 0.6) is 0 Å². The van der Waals surface area contributed by atoms with Crippen LogP contribution >= 0.6 is 0 Å². The summed E-state index contributed by atoms with van der Waals surface area (Å²) in [5, 5.41) is 7.62. The first-order valence-electron chi connectivity index (χ1n) is 9.81. The predicted octanol–water partition coefficient (Wildman–Crippen LogP) is 2.18. The fourth-order valence-electron chi connectivity index (χ4n) is 3.53. The van der Waals surface area contributed by atoms with Gasteiger partial charge in [-0.25, -0.2) is 4.79 Å². The maximum absolute atomic E-state index is 12.3. The minimum absolute atomic E-state index is 0.201. The molecule has 2 aliphatic heterocycles. The molecule has 8 nitrogen and oxygen atoms in total.